The average molecular weight is 359 g/mol. The largest absolute Gasteiger partial charge is 0.496 e. The predicted octanol–water partition coefficient (Wildman–Crippen LogP) is 3.92. The molecule has 0 radical (unpaired) electrons. The summed E-state index contributed by atoms with van der Waals surface area (Å²) >= 11 is 1.47. The number of methoxy groups -OCH3 is 2. The number of rotatable bonds is 4. The van der Waals surface area contributed by atoms with Gasteiger partial charge >= 0.3 is 5.97 Å². The fourth-order valence-corrected chi connectivity index (χ4v) is 4.55. The lowest BCUT2D eigenvalue weighted by molar-refractivity contribution is 0.0601. The van der Waals surface area contributed by atoms with Crippen molar-refractivity contribution in [1.29, 1.82) is 0 Å². The molecule has 0 fully saturated rings. The maximum atomic E-state index is 12.7. The molecule has 2 aromatic rings. The highest BCUT2D eigenvalue weighted by molar-refractivity contribution is 7.17. The number of carbonyl (C=O) groups is 2. The minimum Gasteiger partial charge on any atom is -0.496 e. The highest BCUT2D eigenvalue weighted by atomic mass is 32.1. The number of esters is 1. The Balaban J connectivity index is 1.97. The minimum atomic E-state index is -0.401. The van der Waals surface area contributed by atoms with Crippen LogP contribution >= 0.6 is 11.3 Å². The molecular weight excluding hydrogens is 338 g/mol. The summed E-state index contributed by atoms with van der Waals surface area (Å²) in [6, 6.07) is 7.01. The second-order valence-corrected chi connectivity index (χ2v) is 7.31. The van der Waals surface area contributed by atoms with E-state index >= 15 is 0 Å². The first-order chi connectivity index (χ1) is 12.0. The van der Waals surface area contributed by atoms with E-state index in [1.54, 1.807) is 24.3 Å². The number of ether oxygens (including phenoxy) is 2. The average Bonchev–Trinajstić information content (AvgIpc) is 2.97. The molecule has 25 heavy (non-hydrogen) atoms. The van der Waals surface area contributed by atoms with Gasteiger partial charge in [0.25, 0.3) is 5.91 Å². The maximum absolute atomic E-state index is 12.7. The van der Waals surface area contributed by atoms with Crippen LogP contribution in [0.15, 0.2) is 24.3 Å². The molecule has 0 aliphatic heterocycles. The standard InChI is InChI=1S/C19H21NO4S/c1-11-8-9-13-15(10-11)25-18(16(13)19(22)24-3)20-17(21)12-6-4-5-7-14(12)23-2/h4-7,11H,8-10H2,1-3H3,(H,20,21)/t11-/m1/s1. The van der Waals surface area contributed by atoms with Crippen LogP contribution in [0.1, 0.15) is 44.5 Å². The molecule has 1 amide bonds. The van der Waals surface area contributed by atoms with Gasteiger partial charge in [0.15, 0.2) is 0 Å². The lowest BCUT2D eigenvalue weighted by atomic mass is 9.88. The highest BCUT2D eigenvalue weighted by Gasteiger charge is 2.29. The molecule has 132 valence electrons. The summed E-state index contributed by atoms with van der Waals surface area (Å²) in [4.78, 5) is 26.2. The van der Waals surface area contributed by atoms with Crippen LogP contribution in [0.3, 0.4) is 0 Å². The zero-order chi connectivity index (χ0) is 18.0. The first-order valence-electron chi connectivity index (χ1n) is 8.22. The molecule has 5 nitrogen and oxygen atoms in total. The van der Waals surface area contributed by atoms with Gasteiger partial charge in [0, 0.05) is 4.88 Å². The zero-order valence-corrected chi connectivity index (χ0v) is 15.4. The lowest BCUT2D eigenvalue weighted by Gasteiger charge is -2.18. The molecule has 1 N–H and O–H groups in total. The van der Waals surface area contributed by atoms with Gasteiger partial charge < -0.3 is 14.8 Å². The summed E-state index contributed by atoms with van der Waals surface area (Å²) < 4.78 is 10.2. The summed E-state index contributed by atoms with van der Waals surface area (Å²) in [6.07, 6.45) is 2.80. The highest BCUT2D eigenvalue weighted by Crippen LogP contribution is 2.40. The van der Waals surface area contributed by atoms with E-state index in [-0.39, 0.29) is 5.91 Å². The van der Waals surface area contributed by atoms with Crippen molar-refractivity contribution in [3.63, 3.8) is 0 Å². The molecule has 0 unspecified atom stereocenters. The van der Waals surface area contributed by atoms with Crippen LogP contribution in [0.5, 0.6) is 5.75 Å². The quantitative estimate of drug-likeness (QED) is 0.841. The zero-order valence-electron chi connectivity index (χ0n) is 14.5. The first kappa shape index (κ1) is 17.5. The predicted molar refractivity (Wildman–Crippen MR) is 97.8 cm³/mol. The molecule has 1 aromatic carbocycles. The number of thiophene rings is 1. The number of amides is 1. The summed E-state index contributed by atoms with van der Waals surface area (Å²) in [6.45, 7) is 2.20. The van der Waals surface area contributed by atoms with Crippen molar-refractivity contribution in [2.75, 3.05) is 19.5 Å². The van der Waals surface area contributed by atoms with Gasteiger partial charge in [-0.15, -0.1) is 11.3 Å². The Morgan fingerprint density at radius 3 is 2.72 bits per heavy atom. The molecule has 0 spiro atoms. The van der Waals surface area contributed by atoms with Crippen LogP contribution in [0.4, 0.5) is 5.00 Å². The van der Waals surface area contributed by atoms with Crippen molar-refractivity contribution in [3.05, 3.63) is 45.8 Å². The molecule has 1 aromatic heterocycles. The number of hydrogen-bond donors (Lipinski definition) is 1. The van der Waals surface area contributed by atoms with Gasteiger partial charge in [-0.3, -0.25) is 4.79 Å². The van der Waals surface area contributed by atoms with Gasteiger partial charge in [-0.25, -0.2) is 4.79 Å². The van der Waals surface area contributed by atoms with Crippen LogP contribution in [0, 0.1) is 5.92 Å². The monoisotopic (exact) mass is 359 g/mol. The molecule has 0 saturated carbocycles. The third-order valence-corrected chi connectivity index (χ3v) is 5.65. The number of nitrogens with one attached hydrogen (secondary N) is 1. The van der Waals surface area contributed by atoms with Crippen LogP contribution in [0.25, 0.3) is 0 Å². The smallest absolute Gasteiger partial charge is 0.341 e. The topological polar surface area (TPSA) is 64.6 Å². The van der Waals surface area contributed by atoms with E-state index in [0.29, 0.717) is 27.8 Å². The van der Waals surface area contributed by atoms with Gasteiger partial charge in [-0.2, -0.15) is 0 Å². The van der Waals surface area contributed by atoms with Crippen LogP contribution in [-0.2, 0) is 17.6 Å². The first-order valence-corrected chi connectivity index (χ1v) is 9.04. The Kier molecular flexibility index (Phi) is 5.08. The van der Waals surface area contributed by atoms with Crippen molar-refractivity contribution in [3.8, 4) is 5.75 Å². The SMILES string of the molecule is COC(=O)c1c(NC(=O)c2ccccc2OC)sc2c1CC[C@@H](C)C2. The van der Waals surface area contributed by atoms with Gasteiger partial charge in [0.2, 0.25) is 0 Å². The van der Waals surface area contributed by atoms with Gasteiger partial charge in [-0.1, -0.05) is 19.1 Å². The molecule has 1 atom stereocenters. The lowest BCUT2D eigenvalue weighted by Crippen LogP contribution is -2.16. The molecule has 1 heterocycles. The van der Waals surface area contributed by atoms with E-state index in [1.807, 2.05) is 0 Å². The normalized spacial score (nSPS) is 16.0. The second kappa shape index (κ2) is 7.27. The van der Waals surface area contributed by atoms with Crippen molar-refractivity contribution < 1.29 is 19.1 Å². The number of para-hydroxylation sites is 1. The molecule has 1 aliphatic carbocycles. The molecule has 0 saturated heterocycles. The Labute approximate surface area is 151 Å². The Bertz CT molecular complexity index is 812. The summed E-state index contributed by atoms with van der Waals surface area (Å²) in [7, 11) is 2.89. The van der Waals surface area contributed by atoms with Gasteiger partial charge in [0.05, 0.1) is 25.3 Å². The molecule has 1 aliphatic rings. The molecular formula is C19H21NO4S. The third kappa shape index (κ3) is 3.39. The molecule has 3 rings (SSSR count). The number of fused-ring (bicyclic) bond motifs is 1. The summed E-state index contributed by atoms with van der Waals surface area (Å²) in [5.74, 6) is 0.376. The molecule has 6 heteroatoms. The van der Waals surface area contributed by atoms with E-state index in [2.05, 4.69) is 12.2 Å². The van der Waals surface area contributed by atoms with E-state index in [1.165, 1.54) is 25.6 Å². The Morgan fingerprint density at radius 2 is 2.00 bits per heavy atom. The van der Waals surface area contributed by atoms with Crippen molar-refractivity contribution in [2.45, 2.75) is 26.2 Å². The fraction of sp³-hybridized carbons (Fsp3) is 0.368. The number of benzene rings is 1. The fourth-order valence-electron chi connectivity index (χ4n) is 3.16. The van der Waals surface area contributed by atoms with Crippen LogP contribution in [-0.4, -0.2) is 26.1 Å². The molecule has 0 bridgehead atoms. The Hall–Kier alpha value is -2.34. The van der Waals surface area contributed by atoms with Crippen molar-refractivity contribution in [1.82, 2.24) is 0 Å². The van der Waals surface area contributed by atoms with Crippen molar-refractivity contribution in [2.24, 2.45) is 5.92 Å². The number of hydrogen-bond acceptors (Lipinski definition) is 5. The van der Waals surface area contributed by atoms with Crippen molar-refractivity contribution >= 4 is 28.2 Å². The van der Waals surface area contributed by atoms with E-state index in [9.17, 15) is 9.59 Å². The maximum Gasteiger partial charge on any atom is 0.341 e. The Morgan fingerprint density at radius 1 is 1.24 bits per heavy atom. The van der Waals surface area contributed by atoms with Gasteiger partial charge in [0.1, 0.15) is 10.8 Å². The van der Waals surface area contributed by atoms with Gasteiger partial charge in [-0.05, 0) is 42.9 Å². The van der Waals surface area contributed by atoms with Crippen LogP contribution in [0.2, 0.25) is 0 Å². The number of anilines is 1. The summed E-state index contributed by atoms with van der Waals surface area (Å²) in [5, 5.41) is 3.44. The summed E-state index contributed by atoms with van der Waals surface area (Å²) in [5.41, 5.74) is 1.95. The van der Waals surface area contributed by atoms with E-state index in [4.69, 9.17) is 9.47 Å². The van der Waals surface area contributed by atoms with E-state index < -0.39 is 5.97 Å². The van der Waals surface area contributed by atoms with Crippen LogP contribution < -0.4 is 10.1 Å². The minimum absolute atomic E-state index is 0.297. The van der Waals surface area contributed by atoms with E-state index in [0.717, 1.165) is 29.7 Å². The number of carbonyl (C=O) groups excluding carboxylic acids is 2. The third-order valence-electron chi connectivity index (χ3n) is 4.48. The second-order valence-electron chi connectivity index (χ2n) is 6.20.